The molecule has 4 heteroatoms. The number of hydrogen-bond acceptors (Lipinski definition) is 4. The number of ketones is 1. The Kier molecular flexibility index (Phi) is 3.14. The largest absolute Gasteiger partial charge is 0.462 e. The van der Waals surface area contributed by atoms with E-state index in [1.54, 1.807) is 0 Å². The average Bonchev–Trinajstić information content (AvgIpc) is 3.30. The van der Waals surface area contributed by atoms with Crippen molar-refractivity contribution in [3.63, 3.8) is 0 Å². The monoisotopic (exact) mass is 360 g/mol. The third-order valence-electron chi connectivity index (χ3n) is 9.50. The summed E-state index contributed by atoms with van der Waals surface area (Å²) >= 11 is 0. The van der Waals surface area contributed by atoms with E-state index in [1.165, 1.54) is 6.92 Å². The van der Waals surface area contributed by atoms with Gasteiger partial charge in [-0.1, -0.05) is 27.7 Å². The summed E-state index contributed by atoms with van der Waals surface area (Å²) in [5, 5.41) is 0. The molecular weight excluding hydrogens is 328 g/mol. The molecule has 4 saturated carbocycles. The molecule has 5 rings (SSSR count). The zero-order valence-corrected chi connectivity index (χ0v) is 16.8. The maximum Gasteiger partial charge on any atom is 0.302 e. The van der Waals surface area contributed by atoms with Crippen molar-refractivity contribution < 1.29 is 19.1 Å². The van der Waals surface area contributed by atoms with Gasteiger partial charge < -0.3 is 9.47 Å². The van der Waals surface area contributed by atoms with Crippen LogP contribution in [0.15, 0.2) is 0 Å². The molecule has 1 unspecified atom stereocenters. The van der Waals surface area contributed by atoms with Crippen molar-refractivity contribution in [3.05, 3.63) is 0 Å². The van der Waals surface area contributed by atoms with Crippen LogP contribution in [0.5, 0.6) is 0 Å². The summed E-state index contributed by atoms with van der Waals surface area (Å²) in [5.74, 6) is 0.956. The van der Waals surface area contributed by atoms with E-state index < -0.39 is 0 Å². The summed E-state index contributed by atoms with van der Waals surface area (Å²) in [6.45, 7) is 10.7. The maximum atomic E-state index is 13.2. The number of carbonyl (C=O) groups excluding carboxylic acids is 2. The standard InChI is InChI=1S/C22H32O4/c1-12(23)25-16-7-8-19(2,3)13-6-9-22-11-20(4,17-18(22)26-17)15(24)10-14(22)21(13,16)5/h13-14,16-18H,6-11H2,1-5H3/t13?,14-,16-,17-,18+,20+,21+,22-/m0/s1. The van der Waals surface area contributed by atoms with Gasteiger partial charge in [-0.05, 0) is 49.4 Å². The molecule has 8 atom stereocenters. The van der Waals surface area contributed by atoms with Crippen LogP contribution in [0.4, 0.5) is 0 Å². The van der Waals surface area contributed by atoms with Gasteiger partial charge in [0.1, 0.15) is 11.9 Å². The Morgan fingerprint density at radius 1 is 1.08 bits per heavy atom. The molecule has 26 heavy (non-hydrogen) atoms. The van der Waals surface area contributed by atoms with Crippen LogP contribution >= 0.6 is 0 Å². The summed E-state index contributed by atoms with van der Waals surface area (Å²) in [6, 6.07) is 0. The molecule has 0 radical (unpaired) electrons. The Hall–Kier alpha value is -0.900. The molecule has 2 bridgehead atoms. The van der Waals surface area contributed by atoms with Gasteiger partial charge in [-0.15, -0.1) is 0 Å². The first kappa shape index (κ1) is 17.2. The van der Waals surface area contributed by atoms with E-state index in [2.05, 4.69) is 27.7 Å². The molecule has 0 aromatic rings. The number of carbonyl (C=O) groups is 2. The third kappa shape index (κ3) is 1.80. The Labute approximate surface area is 156 Å². The number of Topliss-reactive ketones (excluding diaryl/α,β-unsaturated/α-hetero) is 1. The zero-order valence-electron chi connectivity index (χ0n) is 16.8. The highest BCUT2D eigenvalue weighted by Crippen LogP contribution is 2.77. The number of rotatable bonds is 1. The number of ether oxygens (including phenoxy) is 2. The van der Waals surface area contributed by atoms with Gasteiger partial charge in [-0.25, -0.2) is 0 Å². The molecule has 5 fully saturated rings. The SMILES string of the molecule is CC(=O)O[C@H]1CCC(C)(C)C2CC[C@]34C[C@](C)(C(=O)C[C@H]3[C@@]21C)[C@H]1O[C@H]14. The Balaban J connectivity index is 1.62. The van der Waals surface area contributed by atoms with E-state index in [0.717, 1.165) is 32.1 Å². The summed E-state index contributed by atoms with van der Waals surface area (Å²) in [4.78, 5) is 25.1. The molecule has 1 spiro atoms. The smallest absolute Gasteiger partial charge is 0.302 e. The second-order valence-electron chi connectivity index (χ2n) is 11.1. The van der Waals surface area contributed by atoms with Crippen LogP contribution in [-0.2, 0) is 19.1 Å². The predicted octanol–water partition coefficient (Wildman–Crippen LogP) is 3.91. The fourth-order valence-electron chi connectivity index (χ4n) is 8.39. The molecule has 0 aromatic heterocycles. The number of hydrogen-bond donors (Lipinski definition) is 0. The first-order valence-corrected chi connectivity index (χ1v) is 10.4. The van der Waals surface area contributed by atoms with Gasteiger partial charge in [0.15, 0.2) is 0 Å². The molecule has 0 aromatic carbocycles. The van der Waals surface area contributed by atoms with Crippen LogP contribution in [0, 0.1) is 33.5 Å². The van der Waals surface area contributed by atoms with Gasteiger partial charge in [-0.3, -0.25) is 9.59 Å². The van der Waals surface area contributed by atoms with Crippen molar-refractivity contribution in [1.82, 2.24) is 0 Å². The van der Waals surface area contributed by atoms with Crippen molar-refractivity contribution >= 4 is 11.8 Å². The molecule has 4 aliphatic carbocycles. The van der Waals surface area contributed by atoms with Crippen LogP contribution in [0.25, 0.3) is 0 Å². The van der Waals surface area contributed by atoms with E-state index in [4.69, 9.17) is 9.47 Å². The summed E-state index contributed by atoms with van der Waals surface area (Å²) in [6.07, 6.45) is 6.27. The molecular formula is C22H32O4. The lowest BCUT2D eigenvalue weighted by Gasteiger charge is -2.66. The number of fused-ring (bicyclic) bond motifs is 5. The topological polar surface area (TPSA) is 55.9 Å². The minimum Gasteiger partial charge on any atom is -0.462 e. The van der Waals surface area contributed by atoms with Crippen molar-refractivity contribution in [2.24, 2.45) is 33.5 Å². The van der Waals surface area contributed by atoms with E-state index in [1.807, 2.05) is 0 Å². The third-order valence-corrected chi connectivity index (χ3v) is 9.50. The minimum atomic E-state index is -0.272. The second-order valence-corrected chi connectivity index (χ2v) is 11.1. The van der Waals surface area contributed by atoms with Gasteiger partial charge in [0, 0.05) is 24.2 Å². The molecule has 1 heterocycles. The highest BCUT2D eigenvalue weighted by Gasteiger charge is 2.80. The van der Waals surface area contributed by atoms with E-state index in [0.29, 0.717) is 18.1 Å². The second kappa shape index (κ2) is 4.74. The summed E-state index contributed by atoms with van der Waals surface area (Å²) < 4.78 is 12.0. The van der Waals surface area contributed by atoms with Gasteiger partial charge in [0.25, 0.3) is 0 Å². The van der Waals surface area contributed by atoms with E-state index in [9.17, 15) is 9.59 Å². The number of epoxide rings is 1. The molecule has 144 valence electrons. The summed E-state index contributed by atoms with van der Waals surface area (Å²) in [5.41, 5.74) is -0.0708. The van der Waals surface area contributed by atoms with Crippen molar-refractivity contribution in [1.29, 1.82) is 0 Å². The number of esters is 1. The average molecular weight is 360 g/mol. The van der Waals surface area contributed by atoms with Crippen LogP contribution in [0.1, 0.15) is 73.1 Å². The molecule has 1 aliphatic heterocycles. The van der Waals surface area contributed by atoms with Gasteiger partial charge in [0.2, 0.25) is 0 Å². The molecule has 0 amide bonds. The van der Waals surface area contributed by atoms with Gasteiger partial charge in [0.05, 0.1) is 17.6 Å². The predicted molar refractivity (Wildman–Crippen MR) is 96.3 cm³/mol. The fraction of sp³-hybridized carbons (Fsp3) is 0.909. The summed E-state index contributed by atoms with van der Waals surface area (Å²) in [7, 11) is 0. The van der Waals surface area contributed by atoms with Crippen molar-refractivity contribution in [2.45, 2.75) is 91.5 Å². The van der Waals surface area contributed by atoms with Crippen LogP contribution < -0.4 is 0 Å². The van der Waals surface area contributed by atoms with E-state index >= 15 is 0 Å². The Bertz CT molecular complexity index is 698. The normalized spacial score (nSPS) is 56.2. The molecule has 1 saturated heterocycles. The quantitative estimate of drug-likeness (QED) is 0.525. The van der Waals surface area contributed by atoms with Gasteiger partial charge in [-0.2, -0.15) is 0 Å². The van der Waals surface area contributed by atoms with Crippen molar-refractivity contribution in [3.8, 4) is 0 Å². The Morgan fingerprint density at radius 2 is 1.81 bits per heavy atom. The lowest BCUT2D eigenvalue weighted by Crippen LogP contribution is -2.64. The lowest BCUT2D eigenvalue weighted by atomic mass is 9.39. The van der Waals surface area contributed by atoms with E-state index in [-0.39, 0.29) is 51.9 Å². The fourth-order valence-corrected chi connectivity index (χ4v) is 8.39. The first-order chi connectivity index (χ1) is 12.1. The van der Waals surface area contributed by atoms with Crippen LogP contribution in [-0.4, -0.2) is 30.1 Å². The minimum absolute atomic E-state index is 0.0739. The molecule has 4 nitrogen and oxygen atoms in total. The highest BCUT2D eigenvalue weighted by atomic mass is 16.6. The zero-order chi connectivity index (χ0) is 18.7. The first-order valence-electron chi connectivity index (χ1n) is 10.4. The van der Waals surface area contributed by atoms with Crippen LogP contribution in [0.2, 0.25) is 0 Å². The molecule has 5 aliphatic rings. The van der Waals surface area contributed by atoms with Crippen LogP contribution in [0.3, 0.4) is 0 Å². The van der Waals surface area contributed by atoms with Gasteiger partial charge >= 0.3 is 5.97 Å². The Morgan fingerprint density at radius 3 is 2.50 bits per heavy atom. The molecule has 0 N–H and O–H groups in total. The van der Waals surface area contributed by atoms with Crippen molar-refractivity contribution in [2.75, 3.05) is 0 Å². The maximum absolute atomic E-state index is 13.2. The lowest BCUT2D eigenvalue weighted by molar-refractivity contribution is -0.223. The highest BCUT2D eigenvalue weighted by molar-refractivity contribution is 5.88.